The second-order valence-corrected chi connectivity index (χ2v) is 13.7. The molecule has 3 nitrogen and oxygen atoms in total. The predicted octanol–water partition coefficient (Wildman–Crippen LogP) is 5.66. The van der Waals surface area contributed by atoms with Crippen molar-refractivity contribution in [2.75, 3.05) is 0 Å². The van der Waals surface area contributed by atoms with Gasteiger partial charge in [-0.1, -0.05) is 40.7 Å². The predicted molar refractivity (Wildman–Crippen MR) is 126 cm³/mol. The highest BCUT2D eigenvalue weighted by Gasteiger charge is 2.78. The molecule has 5 aliphatic carbocycles. The van der Waals surface area contributed by atoms with Crippen molar-refractivity contribution in [2.24, 2.45) is 64.1 Å². The average Bonchev–Trinajstić information content (AvgIpc) is 3.62. The van der Waals surface area contributed by atoms with Crippen LogP contribution in [0.5, 0.6) is 0 Å². The molecule has 6 rings (SSSR count). The fraction of sp³-hybridized carbons (Fsp3) is 0.897. The quantitative estimate of drug-likeness (QED) is 0.574. The number of fused-ring (bicyclic) bond motifs is 4. The van der Waals surface area contributed by atoms with Crippen LogP contribution in [-0.4, -0.2) is 28.7 Å². The Bertz CT molecular complexity index is 847. The van der Waals surface area contributed by atoms with Crippen LogP contribution in [0.2, 0.25) is 0 Å². The van der Waals surface area contributed by atoms with E-state index in [1.807, 2.05) is 6.08 Å². The first-order valence-electron chi connectivity index (χ1n) is 13.6. The van der Waals surface area contributed by atoms with Crippen LogP contribution < -0.4 is 0 Å². The van der Waals surface area contributed by atoms with Crippen molar-refractivity contribution in [3.8, 4) is 0 Å². The van der Waals surface area contributed by atoms with E-state index in [-0.39, 0.29) is 34.9 Å². The Balaban J connectivity index is 1.28. The van der Waals surface area contributed by atoms with E-state index in [0.717, 1.165) is 48.9 Å². The number of ether oxygens (including phenoxy) is 1. The molecule has 4 saturated carbocycles. The molecule has 0 radical (unpaired) electrons. The second-order valence-electron chi connectivity index (χ2n) is 13.7. The molecule has 13 atom stereocenters. The normalized spacial score (nSPS) is 57.3. The van der Waals surface area contributed by atoms with Crippen LogP contribution in [0.3, 0.4) is 0 Å². The van der Waals surface area contributed by atoms with E-state index < -0.39 is 5.41 Å². The van der Waals surface area contributed by atoms with Crippen molar-refractivity contribution in [1.29, 1.82) is 0 Å². The molecule has 3 heteroatoms. The van der Waals surface area contributed by atoms with Gasteiger partial charge < -0.3 is 9.84 Å². The van der Waals surface area contributed by atoms with Gasteiger partial charge in [-0.25, -0.2) is 0 Å². The molecule has 178 valence electrons. The first-order valence-corrected chi connectivity index (χ1v) is 13.6. The first-order chi connectivity index (χ1) is 15.1. The lowest BCUT2D eigenvalue weighted by Crippen LogP contribution is -2.64. The summed E-state index contributed by atoms with van der Waals surface area (Å²) in [4.78, 5) is 13.3. The molecule has 1 spiro atoms. The van der Waals surface area contributed by atoms with E-state index in [4.69, 9.17) is 4.74 Å². The summed E-state index contributed by atoms with van der Waals surface area (Å²) in [7, 11) is 0. The van der Waals surface area contributed by atoms with Crippen molar-refractivity contribution in [2.45, 2.75) is 97.9 Å². The van der Waals surface area contributed by atoms with Gasteiger partial charge >= 0.3 is 0 Å². The van der Waals surface area contributed by atoms with Crippen molar-refractivity contribution in [3.05, 3.63) is 12.2 Å². The number of ketones is 1. The van der Waals surface area contributed by atoms with Crippen LogP contribution >= 0.6 is 0 Å². The number of carbonyl (C=O) groups excluding carboxylic acids is 1. The van der Waals surface area contributed by atoms with Crippen molar-refractivity contribution in [3.63, 3.8) is 0 Å². The number of rotatable bonds is 4. The molecule has 0 aromatic heterocycles. The Morgan fingerprint density at radius 3 is 2.56 bits per heavy atom. The van der Waals surface area contributed by atoms with E-state index in [1.165, 1.54) is 19.3 Å². The number of aliphatic hydroxyl groups is 1. The van der Waals surface area contributed by atoms with E-state index in [2.05, 4.69) is 41.5 Å². The van der Waals surface area contributed by atoms with Crippen molar-refractivity contribution >= 4 is 5.78 Å². The van der Waals surface area contributed by atoms with Gasteiger partial charge in [0.1, 0.15) is 5.60 Å². The highest BCUT2D eigenvalue weighted by molar-refractivity contribution is 5.97. The molecule has 0 unspecified atom stereocenters. The van der Waals surface area contributed by atoms with Gasteiger partial charge in [-0.3, -0.25) is 4.79 Å². The third kappa shape index (κ3) is 2.54. The lowest BCUT2D eigenvalue weighted by molar-refractivity contribution is -0.166. The number of epoxide rings is 1. The summed E-state index contributed by atoms with van der Waals surface area (Å²) < 4.78 is 6.37. The molecule has 0 amide bonds. The lowest BCUT2D eigenvalue weighted by Gasteiger charge is -2.59. The zero-order chi connectivity index (χ0) is 22.8. The van der Waals surface area contributed by atoms with E-state index >= 15 is 0 Å². The Kier molecular flexibility index (Phi) is 4.58. The number of allylic oxidation sites excluding steroid dienone is 1. The summed E-state index contributed by atoms with van der Waals surface area (Å²) in [6.07, 6.45) is 10.4. The number of aliphatic hydroxyl groups excluding tert-OH is 1. The van der Waals surface area contributed by atoms with Gasteiger partial charge in [-0.2, -0.15) is 0 Å². The van der Waals surface area contributed by atoms with E-state index in [0.29, 0.717) is 17.8 Å². The highest BCUT2D eigenvalue weighted by atomic mass is 16.6. The van der Waals surface area contributed by atoms with Crippen LogP contribution in [0, 0.1) is 64.1 Å². The van der Waals surface area contributed by atoms with Crippen molar-refractivity contribution < 1.29 is 14.6 Å². The van der Waals surface area contributed by atoms with E-state index in [1.54, 1.807) is 6.08 Å². The average molecular weight is 441 g/mol. The summed E-state index contributed by atoms with van der Waals surface area (Å²) >= 11 is 0. The molecule has 32 heavy (non-hydrogen) atoms. The van der Waals surface area contributed by atoms with Crippen LogP contribution in [0.15, 0.2) is 12.2 Å². The Hall–Kier alpha value is -0.670. The Morgan fingerprint density at radius 2 is 1.84 bits per heavy atom. The van der Waals surface area contributed by atoms with Crippen LogP contribution in [0.1, 0.15) is 80.1 Å². The molecule has 1 saturated heterocycles. The van der Waals surface area contributed by atoms with E-state index in [9.17, 15) is 9.90 Å². The molecular weight excluding hydrogens is 396 g/mol. The van der Waals surface area contributed by atoms with Crippen molar-refractivity contribution in [1.82, 2.24) is 0 Å². The largest absolute Gasteiger partial charge is 0.393 e. The zero-order valence-electron chi connectivity index (χ0n) is 21.0. The maximum atomic E-state index is 13.3. The first kappa shape index (κ1) is 21.8. The summed E-state index contributed by atoms with van der Waals surface area (Å²) in [5, 5.41) is 11.7. The Morgan fingerprint density at radius 1 is 1.09 bits per heavy atom. The maximum Gasteiger partial charge on any atom is 0.164 e. The zero-order valence-corrected chi connectivity index (χ0v) is 21.0. The summed E-state index contributed by atoms with van der Waals surface area (Å²) in [5.74, 6) is 6.12. The fourth-order valence-corrected chi connectivity index (χ4v) is 10.4. The summed E-state index contributed by atoms with van der Waals surface area (Å²) in [5.41, 5.74) is -0.671. The highest BCUT2D eigenvalue weighted by Crippen LogP contribution is 2.73. The van der Waals surface area contributed by atoms with Gasteiger partial charge in [0.05, 0.1) is 17.6 Å². The summed E-state index contributed by atoms with van der Waals surface area (Å²) in [6.45, 7) is 14.4. The molecule has 5 fully saturated rings. The van der Waals surface area contributed by atoms with Gasteiger partial charge in [-0.15, -0.1) is 0 Å². The monoisotopic (exact) mass is 440 g/mol. The fourth-order valence-electron chi connectivity index (χ4n) is 10.4. The molecule has 1 aliphatic heterocycles. The maximum absolute atomic E-state index is 13.3. The minimum Gasteiger partial charge on any atom is -0.393 e. The molecule has 0 aromatic rings. The number of hydrogen-bond acceptors (Lipinski definition) is 3. The topological polar surface area (TPSA) is 49.8 Å². The summed E-state index contributed by atoms with van der Waals surface area (Å²) in [6, 6.07) is 0. The number of carbonyl (C=O) groups is 1. The number of hydrogen-bond donors (Lipinski definition) is 1. The minimum absolute atomic E-state index is 0.0560. The molecular formula is C29H44O3. The third-order valence-corrected chi connectivity index (χ3v) is 12.5. The van der Waals surface area contributed by atoms with Crippen LogP contribution in [0.4, 0.5) is 0 Å². The molecule has 0 aromatic carbocycles. The van der Waals surface area contributed by atoms with Crippen LogP contribution in [0.25, 0.3) is 0 Å². The smallest absolute Gasteiger partial charge is 0.164 e. The van der Waals surface area contributed by atoms with Gasteiger partial charge in [-0.05, 0) is 104 Å². The standard InChI is InChI=1S/C29H44O3/c1-15(2)16(3)18-12-19(18)17(4)21-9-10-22-20-13-25-29(32-25)11-7-8-24(31)28(29,6)26(20)23(30)14-27(21,22)5/h7-8,15-23,25-26,30H,9-14H2,1-6H3/t16-,17-,18-,19-,20+,21-,22-,23-,25-,26+,27-,28-,29-/m1/s1. The third-order valence-electron chi connectivity index (χ3n) is 12.5. The van der Waals surface area contributed by atoms with Crippen LogP contribution in [-0.2, 0) is 9.53 Å². The van der Waals surface area contributed by atoms with Gasteiger partial charge in [0, 0.05) is 5.92 Å². The van der Waals surface area contributed by atoms with Gasteiger partial charge in [0.25, 0.3) is 0 Å². The molecule has 0 bridgehead atoms. The molecule has 6 aliphatic rings. The van der Waals surface area contributed by atoms with Gasteiger partial charge in [0.2, 0.25) is 0 Å². The Labute approximate surface area is 194 Å². The minimum atomic E-state index is -0.548. The molecule has 1 N–H and O–H groups in total. The second kappa shape index (κ2) is 6.72. The van der Waals surface area contributed by atoms with Gasteiger partial charge in [0.15, 0.2) is 5.78 Å². The SMILES string of the molecule is CC(C)[C@@H](C)[C@H]1C[C@@H]1[C@@H](C)[C@H]1CC[C@@H]2[C@@H]3C[C@H]4O[C@]45CC=CC(=O)[C@]5(C)[C@@H]3[C@H](O)C[C@]12C. The lowest BCUT2D eigenvalue weighted by atomic mass is 9.44. The molecule has 1 heterocycles.